The third kappa shape index (κ3) is 3.29. The van der Waals surface area contributed by atoms with Crippen LogP contribution < -0.4 is 11.1 Å². The van der Waals surface area contributed by atoms with Crippen LogP contribution in [0.1, 0.15) is 41.6 Å². The monoisotopic (exact) mass is 276 g/mol. The molecule has 108 valence electrons. The molecule has 0 saturated heterocycles. The van der Waals surface area contributed by atoms with Gasteiger partial charge in [-0.05, 0) is 56.4 Å². The Morgan fingerprint density at radius 3 is 2.45 bits per heavy atom. The van der Waals surface area contributed by atoms with Crippen molar-refractivity contribution in [1.82, 2.24) is 5.32 Å². The first-order chi connectivity index (χ1) is 9.47. The van der Waals surface area contributed by atoms with E-state index in [2.05, 4.69) is 5.32 Å². The van der Waals surface area contributed by atoms with Crippen molar-refractivity contribution < 1.29 is 14.7 Å². The van der Waals surface area contributed by atoms with Gasteiger partial charge >= 0.3 is 5.97 Å². The van der Waals surface area contributed by atoms with E-state index < -0.39 is 5.97 Å². The van der Waals surface area contributed by atoms with Crippen molar-refractivity contribution in [3.8, 4) is 0 Å². The maximum atomic E-state index is 12.1. The Bertz CT molecular complexity index is 520. The van der Waals surface area contributed by atoms with Crippen molar-refractivity contribution in [2.45, 2.75) is 38.6 Å². The lowest BCUT2D eigenvalue weighted by Gasteiger charge is -2.26. The first-order valence-corrected chi connectivity index (χ1v) is 6.87. The highest BCUT2D eigenvalue weighted by molar-refractivity contribution is 5.95. The van der Waals surface area contributed by atoms with Crippen molar-refractivity contribution in [3.63, 3.8) is 0 Å². The molecule has 5 nitrogen and oxygen atoms in total. The second-order valence-corrected chi connectivity index (χ2v) is 5.43. The molecule has 0 unspecified atom stereocenters. The van der Waals surface area contributed by atoms with E-state index in [1.807, 2.05) is 6.92 Å². The predicted octanol–water partition coefficient (Wildman–Crippen LogP) is 1.95. The quantitative estimate of drug-likeness (QED) is 0.736. The van der Waals surface area contributed by atoms with Crippen LogP contribution in [0, 0.1) is 12.8 Å². The number of aryl methyl sites for hydroxylation is 1. The van der Waals surface area contributed by atoms with Crippen LogP contribution in [0.15, 0.2) is 18.2 Å². The number of carboxylic acids is 1. The van der Waals surface area contributed by atoms with Gasteiger partial charge < -0.3 is 16.2 Å². The molecule has 1 aromatic carbocycles. The molecule has 0 radical (unpaired) electrons. The Kier molecular flexibility index (Phi) is 4.27. The fraction of sp³-hybridized carbons (Fsp3) is 0.467. The molecule has 5 heteroatoms. The fourth-order valence-electron chi connectivity index (χ4n) is 2.57. The highest BCUT2D eigenvalue weighted by Gasteiger charge is 2.26. The number of carbonyl (C=O) groups is 2. The number of nitrogens with one attached hydrogen (secondary N) is 1. The van der Waals surface area contributed by atoms with Crippen molar-refractivity contribution in [2.75, 3.05) is 5.73 Å². The Labute approximate surface area is 118 Å². The first kappa shape index (κ1) is 14.4. The molecule has 1 aliphatic rings. The van der Waals surface area contributed by atoms with Gasteiger partial charge in [0.25, 0.3) is 5.91 Å². The topological polar surface area (TPSA) is 92.4 Å². The molecule has 1 fully saturated rings. The largest absolute Gasteiger partial charge is 0.481 e. The maximum Gasteiger partial charge on any atom is 0.306 e. The molecule has 0 aliphatic heterocycles. The summed E-state index contributed by atoms with van der Waals surface area (Å²) in [5.74, 6) is -1.11. The molecule has 1 saturated carbocycles. The van der Waals surface area contributed by atoms with Crippen molar-refractivity contribution >= 4 is 17.6 Å². The van der Waals surface area contributed by atoms with Gasteiger partial charge in [0.05, 0.1) is 5.92 Å². The molecule has 1 aromatic rings. The number of benzene rings is 1. The first-order valence-electron chi connectivity index (χ1n) is 6.87. The Balaban J connectivity index is 1.92. The summed E-state index contributed by atoms with van der Waals surface area (Å²) < 4.78 is 0. The van der Waals surface area contributed by atoms with Crippen LogP contribution >= 0.6 is 0 Å². The predicted molar refractivity (Wildman–Crippen MR) is 76.4 cm³/mol. The molecule has 0 bridgehead atoms. The number of rotatable bonds is 3. The maximum absolute atomic E-state index is 12.1. The number of nitrogens with two attached hydrogens (primary N) is 1. The number of nitrogen functional groups attached to an aromatic ring is 1. The van der Waals surface area contributed by atoms with Crippen LogP contribution in [0.2, 0.25) is 0 Å². The third-order valence-corrected chi connectivity index (χ3v) is 3.94. The minimum atomic E-state index is -0.732. The molecule has 4 N–H and O–H groups in total. The SMILES string of the molecule is Cc1cc(C(=O)NC2CCC(C(=O)O)CC2)ccc1N. The zero-order valence-corrected chi connectivity index (χ0v) is 11.6. The van der Waals surface area contributed by atoms with E-state index in [1.165, 1.54) is 0 Å². The number of carbonyl (C=O) groups excluding carboxylic acids is 1. The lowest BCUT2D eigenvalue weighted by molar-refractivity contribution is -0.142. The molecule has 1 amide bonds. The molecule has 0 spiro atoms. The van der Waals surface area contributed by atoms with Gasteiger partial charge in [-0.3, -0.25) is 9.59 Å². The lowest BCUT2D eigenvalue weighted by atomic mass is 9.86. The summed E-state index contributed by atoms with van der Waals surface area (Å²) in [6.45, 7) is 1.87. The van der Waals surface area contributed by atoms with Crippen LogP contribution in [0.25, 0.3) is 0 Å². The zero-order chi connectivity index (χ0) is 14.7. The van der Waals surface area contributed by atoms with Crippen molar-refractivity contribution in [2.24, 2.45) is 5.92 Å². The van der Waals surface area contributed by atoms with Crippen molar-refractivity contribution in [3.05, 3.63) is 29.3 Å². The summed E-state index contributed by atoms with van der Waals surface area (Å²) in [5, 5.41) is 11.9. The molecule has 1 aliphatic carbocycles. The van der Waals surface area contributed by atoms with Crippen LogP contribution in [-0.4, -0.2) is 23.0 Å². The summed E-state index contributed by atoms with van der Waals surface area (Å²) in [6.07, 6.45) is 2.69. The van der Waals surface area contributed by atoms with Gasteiger partial charge in [0, 0.05) is 17.3 Å². The van der Waals surface area contributed by atoms with Gasteiger partial charge in [0.15, 0.2) is 0 Å². The number of anilines is 1. The van der Waals surface area contributed by atoms with Gasteiger partial charge in [0.1, 0.15) is 0 Å². The van der Waals surface area contributed by atoms with E-state index in [0.717, 1.165) is 18.4 Å². The number of hydrogen-bond acceptors (Lipinski definition) is 3. The molecule has 0 atom stereocenters. The number of hydrogen-bond donors (Lipinski definition) is 3. The Hall–Kier alpha value is -2.04. The van der Waals surface area contributed by atoms with E-state index in [1.54, 1.807) is 18.2 Å². The van der Waals surface area contributed by atoms with E-state index >= 15 is 0 Å². The zero-order valence-electron chi connectivity index (χ0n) is 11.6. The average Bonchev–Trinajstić information content (AvgIpc) is 2.42. The normalized spacial score (nSPS) is 22.2. The van der Waals surface area contributed by atoms with E-state index in [9.17, 15) is 9.59 Å². The van der Waals surface area contributed by atoms with Crippen LogP contribution in [0.5, 0.6) is 0 Å². The molecule has 0 heterocycles. The minimum Gasteiger partial charge on any atom is -0.481 e. The van der Waals surface area contributed by atoms with Crippen LogP contribution in [-0.2, 0) is 4.79 Å². The summed E-state index contributed by atoms with van der Waals surface area (Å²) in [5.41, 5.74) is 7.88. The Morgan fingerprint density at radius 2 is 1.90 bits per heavy atom. The van der Waals surface area contributed by atoms with E-state index in [-0.39, 0.29) is 17.9 Å². The van der Waals surface area contributed by atoms with Crippen LogP contribution in [0.3, 0.4) is 0 Å². The summed E-state index contributed by atoms with van der Waals surface area (Å²) in [6, 6.07) is 5.27. The number of aliphatic carboxylic acids is 1. The summed E-state index contributed by atoms with van der Waals surface area (Å²) in [7, 11) is 0. The summed E-state index contributed by atoms with van der Waals surface area (Å²) >= 11 is 0. The number of amides is 1. The minimum absolute atomic E-state index is 0.0657. The van der Waals surface area contributed by atoms with Crippen molar-refractivity contribution in [1.29, 1.82) is 0 Å². The Morgan fingerprint density at radius 1 is 1.25 bits per heavy atom. The molecule has 2 rings (SSSR count). The fourth-order valence-corrected chi connectivity index (χ4v) is 2.57. The number of carboxylic acid groups (broad SMARTS) is 1. The second-order valence-electron chi connectivity index (χ2n) is 5.43. The van der Waals surface area contributed by atoms with E-state index in [4.69, 9.17) is 10.8 Å². The standard InChI is InChI=1S/C15H20N2O3/c1-9-8-11(4-7-13(9)16)14(18)17-12-5-2-10(3-6-12)15(19)20/h4,7-8,10,12H,2-3,5-6,16H2,1H3,(H,17,18)(H,19,20). The molecular weight excluding hydrogens is 256 g/mol. The lowest BCUT2D eigenvalue weighted by Crippen LogP contribution is -2.38. The molecule has 20 heavy (non-hydrogen) atoms. The van der Waals surface area contributed by atoms with Gasteiger partial charge in [-0.2, -0.15) is 0 Å². The highest BCUT2D eigenvalue weighted by Crippen LogP contribution is 2.24. The van der Waals surface area contributed by atoms with Crippen LogP contribution in [0.4, 0.5) is 5.69 Å². The summed E-state index contributed by atoms with van der Waals surface area (Å²) in [4.78, 5) is 23.0. The van der Waals surface area contributed by atoms with Gasteiger partial charge in [-0.25, -0.2) is 0 Å². The molecule has 0 aromatic heterocycles. The average molecular weight is 276 g/mol. The smallest absolute Gasteiger partial charge is 0.306 e. The van der Waals surface area contributed by atoms with Gasteiger partial charge in [0.2, 0.25) is 0 Å². The second kappa shape index (κ2) is 5.94. The highest BCUT2D eigenvalue weighted by atomic mass is 16.4. The molecular formula is C15H20N2O3. The van der Waals surface area contributed by atoms with Gasteiger partial charge in [-0.15, -0.1) is 0 Å². The third-order valence-electron chi connectivity index (χ3n) is 3.94. The van der Waals surface area contributed by atoms with E-state index in [0.29, 0.717) is 24.1 Å². The van der Waals surface area contributed by atoms with Gasteiger partial charge in [-0.1, -0.05) is 0 Å².